The molecule has 0 saturated heterocycles. The Balaban J connectivity index is 2.45. The lowest BCUT2D eigenvalue weighted by Crippen LogP contribution is -2.18. The van der Waals surface area contributed by atoms with E-state index in [1.807, 2.05) is 6.92 Å². The maximum absolute atomic E-state index is 13.4. The van der Waals surface area contributed by atoms with Crippen LogP contribution in [0.5, 0.6) is 5.75 Å². The van der Waals surface area contributed by atoms with Crippen LogP contribution >= 0.6 is 15.9 Å². The molecule has 4 nitrogen and oxygen atoms in total. The number of ether oxygens (including phenoxy) is 1. The second-order valence-corrected chi connectivity index (χ2v) is 7.25. The minimum absolute atomic E-state index is 0.0494. The minimum Gasteiger partial charge on any atom is -0.490 e. The van der Waals surface area contributed by atoms with E-state index in [2.05, 4.69) is 15.9 Å². The standard InChI is InChI=1S/C12H16BrF2NO3S/c1-8(3-5-20(16,17)18)2-4-19-11-7-9(13)6-10(14)12(11)15/h6-8H,2-5H2,1H3,(H2,16,17,18). The molecule has 1 aromatic carbocycles. The number of hydrogen-bond donors (Lipinski definition) is 1. The van der Waals surface area contributed by atoms with Gasteiger partial charge in [0, 0.05) is 4.47 Å². The van der Waals surface area contributed by atoms with Crippen molar-refractivity contribution in [3.8, 4) is 5.75 Å². The number of benzene rings is 1. The van der Waals surface area contributed by atoms with Crippen molar-refractivity contribution in [1.82, 2.24) is 0 Å². The van der Waals surface area contributed by atoms with Crippen molar-refractivity contribution in [3.63, 3.8) is 0 Å². The molecule has 0 bridgehead atoms. The van der Waals surface area contributed by atoms with E-state index in [-0.39, 0.29) is 24.0 Å². The van der Waals surface area contributed by atoms with Crippen LogP contribution in [-0.4, -0.2) is 20.8 Å². The van der Waals surface area contributed by atoms with E-state index in [1.165, 1.54) is 6.07 Å². The highest BCUT2D eigenvalue weighted by molar-refractivity contribution is 9.10. The molecule has 2 N–H and O–H groups in total. The fourth-order valence-electron chi connectivity index (χ4n) is 1.52. The molecule has 0 heterocycles. The molecular weight excluding hydrogens is 356 g/mol. The largest absolute Gasteiger partial charge is 0.490 e. The lowest BCUT2D eigenvalue weighted by Gasteiger charge is -2.12. The summed E-state index contributed by atoms with van der Waals surface area (Å²) in [6, 6.07) is 2.35. The van der Waals surface area contributed by atoms with E-state index in [0.29, 0.717) is 17.3 Å². The van der Waals surface area contributed by atoms with Crippen molar-refractivity contribution >= 4 is 26.0 Å². The zero-order valence-electron chi connectivity index (χ0n) is 10.9. The quantitative estimate of drug-likeness (QED) is 0.749. The maximum Gasteiger partial charge on any atom is 0.209 e. The molecule has 0 saturated carbocycles. The van der Waals surface area contributed by atoms with Crippen LogP contribution in [0.3, 0.4) is 0 Å². The Hall–Kier alpha value is -0.730. The number of rotatable bonds is 7. The van der Waals surface area contributed by atoms with Gasteiger partial charge in [-0.15, -0.1) is 0 Å². The Morgan fingerprint density at radius 3 is 2.60 bits per heavy atom. The summed E-state index contributed by atoms with van der Waals surface area (Å²) in [4.78, 5) is 0. The fraction of sp³-hybridized carbons (Fsp3) is 0.500. The van der Waals surface area contributed by atoms with Crippen molar-refractivity contribution < 1.29 is 21.9 Å². The number of nitrogens with two attached hydrogens (primary N) is 1. The first kappa shape index (κ1) is 17.3. The monoisotopic (exact) mass is 371 g/mol. The van der Waals surface area contributed by atoms with Crippen LogP contribution in [0.1, 0.15) is 19.8 Å². The van der Waals surface area contributed by atoms with Gasteiger partial charge in [-0.05, 0) is 30.9 Å². The van der Waals surface area contributed by atoms with Gasteiger partial charge in [-0.2, -0.15) is 4.39 Å². The number of hydrogen-bond acceptors (Lipinski definition) is 3. The van der Waals surface area contributed by atoms with Crippen LogP contribution < -0.4 is 9.88 Å². The normalized spacial score (nSPS) is 13.2. The highest BCUT2D eigenvalue weighted by Gasteiger charge is 2.12. The molecule has 0 fully saturated rings. The summed E-state index contributed by atoms with van der Waals surface area (Å²) in [5, 5.41) is 4.90. The highest BCUT2D eigenvalue weighted by Crippen LogP contribution is 2.25. The SMILES string of the molecule is CC(CCOc1cc(Br)cc(F)c1F)CCS(N)(=O)=O. The Bertz CT molecular complexity index is 566. The molecule has 0 aliphatic carbocycles. The predicted molar refractivity (Wildman–Crippen MR) is 75.9 cm³/mol. The van der Waals surface area contributed by atoms with E-state index in [9.17, 15) is 17.2 Å². The van der Waals surface area contributed by atoms with Crippen LogP contribution in [0.15, 0.2) is 16.6 Å². The van der Waals surface area contributed by atoms with Crippen molar-refractivity contribution in [1.29, 1.82) is 0 Å². The van der Waals surface area contributed by atoms with E-state index in [1.54, 1.807) is 0 Å². The molecule has 0 aromatic heterocycles. The van der Waals surface area contributed by atoms with E-state index in [4.69, 9.17) is 9.88 Å². The lowest BCUT2D eigenvalue weighted by atomic mass is 10.1. The molecular formula is C12H16BrF2NO3S. The third kappa shape index (κ3) is 6.15. The maximum atomic E-state index is 13.4. The van der Waals surface area contributed by atoms with Gasteiger partial charge in [-0.3, -0.25) is 0 Å². The second kappa shape index (κ2) is 7.33. The van der Waals surface area contributed by atoms with Gasteiger partial charge in [-0.25, -0.2) is 17.9 Å². The first-order valence-electron chi connectivity index (χ1n) is 5.97. The summed E-state index contributed by atoms with van der Waals surface area (Å²) in [7, 11) is -3.47. The molecule has 20 heavy (non-hydrogen) atoms. The summed E-state index contributed by atoms with van der Waals surface area (Å²) in [5.41, 5.74) is 0. The number of halogens is 3. The average molecular weight is 372 g/mol. The summed E-state index contributed by atoms with van der Waals surface area (Å²) < 4.78 is 53.7. The zero-order chi connectivity index (χ0) is 15.3. The Labute approximate surface area is 125 Å². The van der Waals surface area contributed by atoms with Crippen LogP contribution in [0, 0.1) is 17.6 Å². The average Bonchev–Trinajstić information content (AvgIpc) is 2.31. The summed E-state index contributed by atoms with van der Waals surface area (Å²) in [6.07, 6.45) is 0.917. The number of primary sulfonamides is 1. The molecule has 0 radical (unpaired) electrons. The molecule has 114 valence electrons. The molecule has 1 unspecified atom stereocenters. The van der Waals surface area contributed by atoms with Gasteiger partial charge in [-0.1, -0.05) is 22.9 Å². The summed E-state index contributed by atoms with van der Waals surface area (Å²) in [5.74, 6) is -2.25. The Morgan fingerprint density at radius 2 is 2.00 bits per heavy atom. The summed E-state index contributed by atoms with van der Waals surface area (Å²) >= 11 is 3.05. The van der Waals surface area contributed by atoms with Gasteiger partial charge in [0.15, 0.2) is 11.6 Å². The molecule has 0 aliphatic rings. The van der Waals surface area contributed by atoms with Gasteiger partial charge < -0.3 is 4.74 Å². The molecule has 1 aromatic rings. The van der Waals surface area contributed by atoms with E-state index >= 15 is 0 Å². The molecule has 0 aliphatic heterocycles. The summed E-state index contributed by atoms with van der Waals surface area (Å²) in [6.45, 7) is 2.00. The van der Waals surface area contributed by atoms with Crippen LogP contribution in [-0.2, 0) is 10.0 Å². The van der Waals surface area contributed by atoms with Gasteiger partial charge >= 0.3 is 0 Å². The topological polar surface area (TPSA) is 69.4 Å². The Morgan fingerprint density at radius 1 is 1.35 bits per heavy atom. The van der Waals surface area contributed by atoms with Gasteiger partial charge in [0.2, 0.25) is 15.8 Å². The predicted octanol–water partition coefficient (Wildman–Crippen LogP) is 2.81. The molecule has 8 heteroatoms. The van der Waals surface area contributed by atoms with Gasteiger partial charge in [0.05, 0.1) is 12.4 Å². The first-order chi connectivity index (χ1) is 9.19. The van der Waals surface area contributed by atoms with Crippen molar-refractivity contribution in [2.24, 2.45) is 11.1 Å². The van der Waals surface area contributed by atoms with E-state index in [0.717, 1.165) is 6.07 Å². The molecule has 1 atom stereocenters. The van der Waals surface area contributed by atoms with Crippen LogP contribution in [0.4, 0.5) is 8.78 Å². The molecule has 0 amide bonds. The third-order valence-corrected chi connectivity index (χ3v) is 3.99. The molecule has 0 spiro atoms. The molecule has 1 rings (SSSR count). The lowest BCUT2D eigenvalue weighted by molar-refractivity contribution is 0.266. The second-order valence-electron chi connectivity index (χ2n) is 4.60. The van der Waals surface area contributed by atoms with Crippen molar-refractivity contribution in [2.45, 2.75) is 19.8 Å². The highest BCUT2D eigenvalue weighted by atomic mass is 79.9. The van der Waals surface area contributed by atoms with Crippen molar-refractivity contribution in [3.05, 3.63) is 28.2 Å². The van der Waals surface area contributed by atoms with Gasteiger partial charge in [0.1, 0.15) is 0 Å². The van der Waals surface area contributed by atoms with Gasteiger partial charge in [0.25, 0.3) is 0 Å². The first-order valence-corrected chi connectivity index (χ1v) is 8.47. The minimum atomic E-state index is -3.47. The van der Waals surface area contributed by atoms with Crippen LogP contribution in [0.25, 0.3) is 0 Å². The van der Waals surface area contributed by atoms with Crippen molar-refractivity contribution in [2.75, 3.05) is 12.4 Å². The fourth-order valence-corrected chi connectivity index (χ4v) is 2.66. The van der Waals surface area contributed by atoms with Crippen LogP contribution in [0.2, 0.25) is 0 Å². The number of sulfonamides is 1. The third-order valence-electron chi connectivity index (χ3n) is 2.72. The van der Waals surface area contributed by atoms with E-state index < -0.39 is 21.7 Å². The smallest absolute Gasteiger partial charge is 0.209 e. The zero-order valence-corrected chi connectivity index (χ0v) is 13.3. The Kier molecular flexibility index (Phi) is 6.35.